The van der Waals surface area contributed by atoms with Crippen LogP contribution < -0.4 is 0 Å². The summed E-state index contributed by atoms with van der Waals surface area (Å²) in [6.07, 6.45) is 2.67. The van der Waals surface area contributed by atoms with Crippen molar-refractivity contribution in [3.05, 3.63) is 63.0 Å². The van der Waals surface area contributed by atoms with Gasteiger partial charge in [-0.3, -0.25) is 9.56 Å². The average Bonchev–Trinajstić information content (AvgIpc) is 3.18. The fourth-order valence-electron chi connectivity index (χ4n) is 3.19. The van der Waals surface area contributed by atoms with Crippen LogP contribution >= 0.6 is 22.9 Å². The number of aliphatic imine (C=N–C) groups is 1. The van der Waals surface area contributed by atoms with Crippen molar-refractivity contribution in [1.82, 2.24) is 14.8 Å². The summed E-state index contributed by atoms with van der Waals surface area (Å²) < 4.78 is 2.02. The standard InChI is InChI=1S/C20H21ClN4OS/c1-11-12(2)27-20(25-10-22-24-13(25)3)18(11)19(23-17-8-15(17)9-26)14-4-6-16(21)7-5-14/h4-7,10,15,17,26H,8-9H2,1-3H3. The first-order chi connectivity index (χ1) is 13.0. The van der Waals surface area contributed by atoms with E-state index in [1.165, 1.54) is 10.4 Å². The Morgan fingerprint density at radius 3 is 2.63 bits per heavy atom. The lowest BCUT2D eigenvalue weighted by molar-refractivity contribution is 0.274. The van der Waals surface area contributed by atoms with Gasteiger partial charge in [0, 0.05) is 33.6 Å². The third-order valence-electron chi connectivity index (χ3n) is 5.07. The highest BCUT2D eigenvalue weighted by Gasteiger charge is 2.37. The quantitative estimate of drug-likeness (QED) is 0.655. The molecule has 3 aromatic rings. The molecule has 0 bridgehead atoms. The number of rotatable bonds is 5. The van der Waals surface area contributed by atoms with Crippen molar-refractivity contribution in [3.8, 4) is 5.00 Å². The Balaban J connectivity index is 1.91. The number of aliphatic hydroxyl groups excluding tert-OH is 1. The van der Waals surface area contributed by atoms with E-state index in [1.54, 1.807) is 17.7 Å². The minimum absolute atomic E-state index is 0.162. The van der Waals surface area contributed by atoms with Crippen LogP contribution in [-0.4, -0.2) is 38.2 Å². The second-order valence-electron chi connectivity index (χ2n) is 6.94. The van der Waals surface area contributed by atoms with Crippen LogP contribution in [0, 0.1) is 26.7 Å². The fraction of sp³-hybridized carbons (Fsp3) is 0.350. The Morgan fingerprint density at radius 1 is 1.30 bits per heavy atom. The van der Waals surface area contributed by atoms with Gasteiger partial charge in [0.15, 0.2) is 0 Å². The van der Waals surface area contributed by atoms with Crippen molar-refractivity contribution >= 4 is 28.6 Å². The van der Waals surface area contributed by atoms with Gasteiger partial charge in [-0.05, 0) is 44.9 Å². The van der Waals surface area contributed by atoms with Gasteiger partial charge in [0.05, 0.1) is 11.8 Å². The summed E-state index contributed by atoms with van der Waals surface area (Å²) >= 11 is 7.82. The van der Waals surface area contributed by atoms with Crippen molar-refractivity contribution < 1.29 is 5.11 Å². The van der Waals surface area contributed by atoms with Gasteiger partial charge in [0.1, 0.15) is 17.2 Å². The Kier molecular flexibility index (Phi) is 4.88. The molecule has 1 aliphatic rings. The fourth-order valence-corrected chi connectivity index (χ4v) is 4.49. The Morgan fingerprint density at radius 2 is 2.04 bits per heavy atom. The number of aliphatic hydroxyl groups is 1. The first-order valence-corrected chi connectivity index (χ1v) is 10.1. The van der Waals surface area contributed by atoms with Gasteiger partial charge in [-0.1, -0.05) is 23.7 Å². The second-order valence-corrected chi connectivity index (χ2v) is 8.58. The summed E-state index contributed by atoms with van der Waals surface area (Å²) in [5.74, 6) is 1.10. The average molecular weight is 401 g/mol. The van der Waals surface area contributed by atoms with Gasteiger partial charge in [-0.25, -0.2) is 0 Å². The van der Waals surface area contributed by atoms with E-state index < -0.39 is 0 Å². The van der Waals surface area contributed by atoms with E-state index in [4.69, 9.17) is 16.6 Å². The van der Waals surface area contributed by atoms with Crippen LogP contribution in [0.4, 0.5) is 0 Å². The third-order valence-corrected chi connectivity index (χ3v) is 6.53. The Bertz CT molecular complexity index is 1010. The van der Waals surface area contributed by atoms with E-state index in [1.807, 2.05) is 35.8 Å². The Hall–Kier alpha value is -2.02. The molecule has 27 heavy (non-hydrogen) atoms. The predicted octanol–water partition coefficient (Wildman–Crippen LogP) is 4.13. The molecule has 4 rings (SSSR count). The zero-order valence-corrected chi connectivity index (χ0v) is 17.1. The minimum Gasteiger partial charge on any atom is -0.396 e. The van der Waals surface area contributed by atoms with Gasteiger partial charge in [-0.15, -0.1) is 21.5 Å². The first-order valence-electron chi connectivity index (χ1n) is 8.91. The number of nitrogens with zero attached hydrogens (tertiary/aromatic N) is 4. The Labute approximate surface area is 167 Å². The lowest BCUT2D eigenvalue weighted by atomic mass is 9.99. The molecular formula is C20H21ClN4OS. The van der Waals surface area contributed by atoms with Crippen molar-refractivity contribution in [2.24, 2.45) is 10.9 Å². The normalized spacial score (nSPS) is 19.5. The first kappa shape index (κ1) is 18.3. The molecule has 1 aliphatic carbocycles. The number of hydrogen-bond donors (Lipinski definition) is 1. The maximum atomic E-state index is 9.46. The van der Waals surface area contributed by atoms with Crippen molar-refractivity contribution in [3.63, 3.8) is 0 Å². The molecule has 2 heterocycles. The number of halogens is 1. The topological polar surface area (TPSA) is 63.3 Å². The van der Waals surface area contributed by atoms with E-state index in [2.05, 4.69) is 24.0 Å². The summed E-state index contributed by atoms with van der Waals surface area (Å²) in [6.45, 7) is 6.39. The second kappa shape index (κ2) is 7.19. The van der Waals surface area contributed by atoms with Crippen LogP contribution in [0.1, 0.15) is 33.8 Å². The van der Waals surface area contributed by atoms with Gasteiger partial charge < -0.3 is 5.11 Å². The van der Waals surface area contributed by atoms with Crippen LogP contribution in [0.2, 0.25) is 5.02 Å². The molecule has 2 atom stereocenters. The van der Waals surface area contributed by atoms with Crippen molar-refractivity contribution in [1.29, 1.82) is 0 Å². The highest BCUT2D eigenvalue weighted by atomic mass is 35.5. The molecule has 140 valence electrons. The van der Waals surface area contributed by atoms with Crippen LogP contribution in [0.3, 0.4) is 0 Å². The van der Waals surface area contributed by atoms with Crippen LogP contribution in [0.5, 0.6) is 0 Å². The third kappa shape index (κ3) is 3.45. The summed E-state index contributed by atoms with van der Waals surface area (Å²) in [5, 5.41) is 19.4. The highest BCUT2D eigenvalue weighted by Crippen LogP contribution is 2.38. The van der Waals surface area contributed by atoms with Gasteiger partial charge >= 0.3 is 0 Å². The minimum atomic E-state index is 0.162. The number of aromatic nitrogens is 3. The van der Waals surface area contributed by atoms with Crippen LogP contribution in [-0.2, 0) is 0 Å². The van der Waals surface area contributed by atoms with Crippen LogP contribution in [0.15, 0.2) is 35.6 Å². The number of hydrogen-bond acceptors (Lipinski definition) is 5. The molecule has 1 fully saturated rings. The summed E-state index contributed by atoms with van der Waals surface area (Å²) in [5.41, 5.74) is 4.28. The molecule has 1 saturated carbocycles. The molecule has 2 unspecified atom stereocenters. The molecule has 1 N–H and O–H groups in total. The van der Waals surface area contributed by atoms with Gasteiger partial charge in [0.2, 0.25) is 0 Å². The molecule has 0 radical (unpaired) electrons. The molecule has 5 nitrogen and oxygen atoms in total. The maximum absolute atomic E-state index is 9.46. The number of aryl methyl sites for hydroxylation is 2. The van der Waals surface area contributed by atoms with Crippen molar-refractivity contribution in [2.45, 2.75) is 33.2 Å². The smallest absolute Gasteiger partial charge is 0.134 e. The van der Waals surface area contributed by atoms with Gasteiger partial charge in [0.25, 0.3) is 0 Å². The molecule has 2 aromatic heterocycles. The zero-order valence-electron chi connectivity index (χ0n) is 15.5. The maximum Gasteiger partial charge on any atom is 0.134 e. The van der Waals surface area contributed by atoms with E-state index in [0.29, 0.717) is 5.02 Å². The summed E-state index contributed by atoms with van der Waals surface area (Å²) in [4.78, 5) is 6.29. The highest BCUT2D eigenvalue weighted by molar-refractivity contribution is 7.15. The molecule has 0 aliphatic heterocycles. The lowest BCUT2D eigenvalue weighted by Gasteiger charge is -2.12. The zero-order chi connectivity index (χ0) is 19.1. The molecule has 0 saturated heterocycles. The number of benzene rings is 1. The molecule has 1 aromatic carbocycles. The van der Waals surface area contributed by atoms with Gasteiger partial charge in [-0.2, -0.15) is 0 Å². The van der Waals surface area contributed by atoms with Crippen LogP contribution in [0.25, 0.3) is 5.00 Å². The van der Waals surface area contributed by atoms with E-state index in [0.717, 1.165) is 34.1 Å². The van der Waals surface area contributed by atoms with E-state index in [9.17, 15) is 5.11 Å². The predicted molar refractivity (Wildman–Crippen MR) is 110 cm³/mol. The SMILES string of the molecule is Cc1sc(-n2cnnc2C)c(C(=NC2CC2CO)c2ccc(Cl)cc2)c1C. The monoisotopic (exact) mass is 400 g/mol. The molecule has 0 amide bonds. The van der Waals surface area contributed by atoms with Crippen molar-refractivity contribution in [2.75, 3.05) is 6.61 Å². The molecular weight excluding hydrogens is 380 g/mol. The molecule has 0 spiro atoms. The van der Waals surface area contributed by atoms with E-state index >= 15 is 0 Å². The van der Waals surface area contributed by atoms with E-state index in [-0.39, 0.29) is 18.6 Å². The lowest BCUT2D eigenvalue weighted by Crippen LogP contribution is -2.10. The largest absolute Gasteiger partial charge is 0.396 e. The summed E-state index contributed by atoms with van der Waals surface area (Å²) in [7, 11) is 0. The number of thiophene rings is 1. The molecule has 7 heteroatoms. The summed E-state index contributed by atoms with van der Waals surface area (Å²) in [6, 6.07) is 7.96.